The van der Waals surface area contributed by atoms with Gasteiger partial charge in [0.05, 0.1) is 25.1 Å². The van der Waals surface area contributed by atoms with Crippen molar-refractivity contribution in [2.24, 2.45) is 13.0 Å². The number of carbonyl (C=O) groups is 2. The Balaban J connectivity index is 1.80. The lowest BCUT2D eigenvalue weighted by Crippen LogP contribution is -2.61. The van der Waals surface area contributed by atoms with Crippen molar-refractivity contribution in [2.45, 2.75) is 25.5 Å². The van der Waals surface area contributed by atoms with Crippen molar-refractivity contribution in [2.75, 3.05) is 0 Å². The molecule has 7 nitrogen and oxygen atoms in total. The van der Waals surface area contributed by atoms with Gasteiger partial charge in [-0.05, 0) is 42.7 Å². The molecule has 2 aliphatic rings. The summed E-state index contributed by atoms with van der Waals surface area (Å²) in [5, 5.41) is 19.6. The first-order valence-electron chi connectivity index (χ1n) is 8.60. The lowest BCUT2D eigenvalue weighted by Gasteiger charge is -2.44. The number of carbonyl (C=O) groups excluding carboxylic acids is 1. The van der Waals surface area contributed by atoms with Crippen molar-refractivity contribution in [1.82, 2.24) is 9.47 Å². The van der Waals surface area contributed by atoms with E-state index in [1.807, 2.05) is 53.1 Å². The number of aromatic nitrogens is 2. The highest BCUT2D eigenvalue weighted by Crippen LogP contribution is 2.47. The Morgan fingerprint density at radius 3 is 2.70 bits per heavy atom. The normalized spacial score (nSPS) is 22.7. The molecule has 1 aromatic carbocycles. The van der Waals surface area contributed by atoms with Crippen LogP contribution in [0.25, 0.3) is 11.3 Å². The molecule has 140 valence electrons. The van der Waals surface area contributed by atoms with E-state index < -0.39 is 18.0 Å². The molecule has 4 rings (SSSR count). The van der Waals surface area contributed by atoms with E-state index in [2.05, 4.69) is 15.9 Å². The summed E-state index contributed by atoms with van der Waals surface area (Å²) in [5.41, 5.74) is 2.26. The third-order valence-corrected chi connectivity index (χ3v) is 5.69. The second kappa shape index (κ2) is 6.31. The van der Waals surface area contributed by atoms with E-state index in [4.69, 9.17) is 0 Å². The zero-order valence-corrected chi connectivity index (χ0v) is 16.4. The Bertz CT molecular complexity index is 995. The number of imidazole rings is 1. The number of carboxylic acids is 1. The van der Waals surface area contributed by atoms with Crippen LogP contribution in [0.2, 0.25) is 0 Å². The molecule has 1 fully saturated rings. The molecule has 3 atom stereocenters. The Morgan fingerprint density at radius 1 is 1.37 bits per heavy atom. The summed E-state index contributed by atoms with van der Waals surface area (Å²) in [6, 6.07) is 5.42. The molecular formula is C19H19BrN3O4+. The van der Waals surface area contributed by atoms with Crippen molar-refractivity contribution >= 4 is 33.4 Å². The molecule has 2 aliphatic heterocycles. The van der Waals surface area contributed by atoms with Crippen LogP contribution in [0.5, 0.6) is 0 Å². The first-order valence-corrected chi connectivity index (χ1v) is 9.39. The molecule has 1 saturated heterocycles. The van der Waals surface area contributed by atoms with Crippen LogP contribution in [0.4, 0.5) is 0 Å². The van der Waals surface area contributed by atoms with Crippen LogP contribution in [-0.2, 0) is 16.6 Å². The summed E-state index contributed by atoms with van der Waals surface area (Å²) in [6.07, 6.45) is 5.35. The van der Waals surface area contributed by atoms with Crippen molar-refractivity contribution in [3.63, 3.8) is 0 Å². The fraction of sp³-hybridized carbons (Fsp3) is 0.316. The summed E-state index contributed by atoms with van der Waals surface area (Å²) in [4.78, 5) is 25.6. The quantitative estimate of drug-likeness (QED) is 0.565. The Hall–Kier alpha value is -2.45. The van der Waals surface area contributed by atoms with Gasteiger partial charge in [-0.25, -0.2) is 13.9 Å². The average molecular weight is 433 g/mol. The van der Waals surface area contributed by atoms with Crippen LogP contribution in [0, 0.1) is 5.92 Å². The van der Waals surface area contributed by atoms with Crippen LogP contribution in [0.1, 0.15) is 18.9 Å². The number of hydrogen-bond donors (Lipinski definition) is 2. The molecule has 1 amide bonds. The van der Waals surface area contributed by atoms with E-state index in [-0.39, 0.29) is 17.6 Å². The number of rotatable bonds is 4. The number of aliphatic hydroxyl groups is 1. The topological polar surface area (TPSA) is 86.7 Å². The highest BCUT2D eigenvalue weighted by atomic mass is 79.9. The average Bonchev–Trinajstić information content (AvgIpc) is 3.15. The van der Waals surface area contributed by atoms with Crippen LogP contribution >= 0.6 is 15.9 Å². The van der Waals surface area contributed by atoms with Crippen LogP contribution in [0.15, 0.2) is 47.1 Å². The number of β-lactam (4-membered cyclic amide) rings is 1. The molecule has 2 N–H and O–H groups in total. The molecule has 0 spiro atoms. The van der Waals surface area contributed by atoms with E-state index in [9.17, 15) is 19.8 Å². The number of carboxylic acid groups (broad SMARTS) is 1. The third-order valence-electron chi connectivity index (χ3n) is 5.23. The van der Waals surface area contributed by atoms with Crippen molar-refractivity contribution < 1.29 is 24.4 Å². The smallest absolute Gasteiger partial charge is 0.352 e. The molecule has 0 bridgehead atoms. The maximum atomic E-state index is 12.4. The van der Waals surface area contributed by atoms with E-state index in [1.165, 1.54) is 4.90 Å². The highest BCUT2D eigenvalue weighted by molar-refractivity contribution is 9.10. The molecule has 27 heavy (non-hydrogen) atoms. The zero-order chi connectivity index (χ0) is 19.5. The Kier molecular flexibility index (Phi) is 4.20. The van der Waals surface area contributed by atoms with E-state index >= 15 is 0 Å². The van der Waals surface area contributed by atoms with E-state index in [0.29, 0.717) is 12.0 Å². The number of aryl methyl sites for hydroxylation is 1. The minimum absolute atomic E-state index is 0.0176. The number of hydrogen-bond acceptors (Lipinski definition) is 3. The number of aliphatic hydroxyl groups excluding tert-OH is 1. The highest BCUT2D eigenvalue weighted by Gasteiger charge is 2.56. The molecule has 3 heterocycles. The van der Waals surface area contributed by atoms with Gasteiger partial charge in [0.25, 0.3) is 0 Å². The minimum atomic E-state index is -1.13. The van der Waals surface area contributed by atoms with Crippen LogP contribution < -0.4 is 4.57 Å². The van der Waals surface area contributed by atoms with Gasteiger partial charge in [-0.1, -0.05) is 15.9 Å². The van der Waals surface area contributed by atoms with Crippen LogP contribution in [-0.4, -0.2) is 43.7 Å². The van der Waals surface area contributed by atoms with Gasteiger partial charge in [0, 0.05) is 4.47 Å². The molecule has 8 heteroatoms. The summed E-state index contributed by atoms with van der Waals surface area (Å²) in [5.74, 6) is -2.00. The molecule has 2 aromatic rings. The summed E-state index contributed by atoms with van der Waals surface area (Å²) in [6.45, 7) is 1.57. The van der Waals surface area contributed by atoms with Gasteiger partial charge in [-0.3, -0.25) is 4.79 Å². The lowest BCUT2D eigenvalue weighted by atomic mass is 9.82. The van der Waals surface area contributed by atoms with Crippen molar-refractivity contribution in [3.05, 3.63) is 52.7 Å². The molecule has 0 saturated carbocycles. The molecule has 1 aromatic heterocycles. The zero-order valence-electron chi connectivity index (χ0n) is 14.8. The lowest BCUT2D eigenvalue weighted by molar-refractivity contribution is -0.670. The summed E-state index contributed by atoms with van der Waals surface area (Å²) in [7, 11) is 1.92. The number of aliphatic carboxylic acids is 1. The molecule has 0 radical (unpaired) electrons. The van der Waals surface area contributed by atoms with Gasteiger partial charge in [0.1, 0.15) is 23.8 Å². The predicted molar refractivity (Wildman–Crippen MR) is 99.6 cm³/mol. The van der Waals surface area contributed by atoms with Gasteiger partial charge in [-0.2, -0.15) is 0 Å². The minimum Gasteiger partial charge on any atom is -0.477 e. The fourth-order valence-electron chi connectivity index (χ4n) is 4.03. The second-order valence-electron chi connectivity index (χ2n) is 7.06. The van der Waals surface area contributed by atoms with E-state index in [1.54, 1.807) is 6.92 Å². The third kappa shape index (κ3) is 2.80. The molecule has 0 aliphatic carbocycles. The number of fused-ring (bicyclic) bond motifs is 1. The number of nitrogens with zero attached hydrogens (tertiary/aromatic N) is 3. The van der Waals surface area contributed by atoms with Gasteiger partial charge in [0.15, 0.2) is 0 Å². The standard InChI is InChI=1S/C19H18BrN3O4/c1-10(24)16-15-8-14(17(19(26)27)23(15)18(16)25)11-5-12(20)7-13(6-11)22-4-3-21(2)9-22/h3-7,9-10,15-16,24H,8H2,1-2H3/p+1/t10-,15-,16-/m1/s1. The maximum absolute atomic E-state index is 12.4. The number of benzene rings is 1. The number of amides is 1. The predicted octanol–water partition coefficient (Wildman–Crippen LogP) is 1.47. The summed E-state index contributed by atoms with van der Waals surface area (Å²) < 4.78 is 4.66. The van der Waals surface area contributed by atoms with Crippen LogP contribution in [0.3, 0.4) is 0 Å². The largest absolute Gasteiger partial charge is 0.477 e. The maximum Gasteiger partial charge on any atom is 0.352 e. The second-order valence-corrected chi connectivity index (χ2v) is 7.98. The van der Waals surface area contributed by atoms with Crippen molar-refractivity contribution in [3.8, 4) is 5.69 Å². The Morgan fingerprint density at radius 2 is 2.11 bits per heavy atom. The fourth-order valence-corrected chi connectivity index (χ4v) is 4.51. The van der Waals surface area contributed by atoms with Gasteiger partial charge >= 0.3 is 5.97 Å². The summed E-state index contributed by atoms with van der Waals surface area (Å²) >= 11 is 3.50. The van der Waals surface area contributed by atoms with E-state index in [0.717, 1.165) is 15.7 Å². The van der Waals surface area contributed by atoms with Gasteiger partial charge < -0.3 is 15.1 Å². The molecule has 0 unspecified atom stereocenters. The number of halogens is 1. The Labute approximate surface area is 164 Å². The SMILES string of the molecule is C[C@@H](O)[C@H]1C(=O)N2C(C(=O)O)=C(c3cc(Br)cc(-n4cc[n+](C)c4)c3)C[C@H]12. The van der Waals surface area contributed by atoms with Gasteiger partial charge in [0.2, 0.25) is 12.2 Å². The monoisotopic (exact) mass is 432 g/mol. The van der Waals surface area contributed by atoms with Gasteiger partial charge in [-0.15, -0.1) is 0 Å². The molecular weight excluding hydrogens is 414 g/mol. The van der Waals surface area contributed by atoms with Crippen molar-refractivity contribution in [1.29, 1.82) is 0 Å². The first kappa shape index (κ1) is 17.9. The first-order chi connectivity index (χ1) is 12.8.